The molecule has 0 aliphatic carbocycles. The van der Waals surface area contributed by atoms with E-state index >= 15 is 0 Å². The number of ether oxygens (including phenoxy) is 1. The number of carbonyl (C=O) groups is 1. The van der Waals surface area contributed by atoms with E-state index in [-0.39, 0.29) is 12.5 Å². The molecule has 0 saturated carbocycles. The van der Waals surface area contributed by atoms with Crippen LogP contribution in [0.1, 0.15) is 32.6 Å². The molecule has 0 fully saturated rings. The molecule has 1 aromatic carbocycles. The standard InChI is InChI=1S/C14H21NO3/c1-12(17)15-13-8-4-5-9-14(13)18-11-7-3-2-6-10-16/h4-5,8-9,16H,2-3,6-7,10-11H2,1H3,(H,15,17). The summed E-state index contributed by atoms with van der Waals surface area (Å²) in [6.45, 7) is 2.36. The second-order valence-corrected chi connectivity index (χ2v) is 4.16. The van der Waals surface area contributed by atoms with Gasteiger partial charge < -0.3 is 15.2 Å². The van der Waals surface area contributed by atoms with Crippen molar-refractivity contribution in [1.29, 1.82) is 0 Å². The van der Waals surface area contributed by atoms with E-state index in [0.29, 0.717) is 18.0 Å². The Morgan fingerprint density at radius 1 is 1.22 bits per heavy atom. The zero-order chi connectivity index (χ0) is 13.2. The molecule has 4 nitrogen and oxygen atoms in total. The van der Waals surface area contributed by atoms with Crippen LogP contribution < -0.4 is 10.1 Å². The molecule has 0 saturated heterocycles. The molecule has 0 unspecified atom stereocenters. The van der Waals surface area contributed by atoms with Crippen LogP contribution in [0.25, 0.3) is 0 Å². The number of aliphatic hydroxyl groups is 1. The summed E-state index contributed by atoms with van der Waals surface area (Å²) in [5.74, 6) is 0.601. The van der Waals surface area contributed by atoms with Gasteiger partial charge in [-0.2, -0.15) is 0 Å². The molecule has 0 atom stereocenters. The van der Waals surface area contributed by atoms with Crippen molar-refractivity contribution in [2.45, 2.75) is 32.6 Å². The van der Waals surface area contributed by atoms with Gasteiger partial charge in [0.15, 0.2) is 0 Å². The summed E-state index contributed by atoms with van der Waals surface area (Å²) in [5.41, 5.74) is 0.709. The van der Waals surface area contributed by atoms with Gasteiger partial charge in [0.05, 0.1) is 12.3 Å². The smallest absolute Gasteiger partial charge is 0.221 e. The molecule has 1 amide bonds. The Labute approximate surface area is 108 Å². The Balaban J connectivity index is 2.34. The predicted octanol–water partition coefficient (Wildman–Crippen LogP) is 2.58. The average Bonchev–Trinajstić information content (AvgIpc) is 2.35. The maximum Gasteiger partial charge on any atom is 0.221 e. The van der Waals surface area contributed by atoms with E-state index in [9.17, 15) is 4.79 Å². The van der Waals surface area contributed by atoms with E-state index in [4.69, 9.17) is 9.84 Å². The van der Waals surface area contributed by atoms with Gasteiger partial charge >= 0.3 is 0 Å². The van der Waals surface area contributed by atoms with Gasteiger partial charge in [-0.15, -0.1) is 0 Å². The summed E-state index contributed by atoms with van der Waals surface area (Å²) in [4.78, 5) is 11.0. The third kappa shape index (κ3) is 5.68. The number of unbranched alkanes of at least 4 members (excludes halogenated alkanes) is 3. The summed E-state index contributed by atoms with van der Waals surface area (Å²) in [5, 5.41) is 11.4. The molecule has 0 aliphatic heterocycles. The minimum Gasteiger partial charge on any atom is -0.491 e. The Morgan fingerprint density at radius 3 is 2.67 bits per heavy atom. The fourth-order valence-corrected chi connectivity index (χ4v) is 1.63. The minimum absolute atomic E-state index is 0.103. The number of anilines is 1. The van der Waals surface area contributed by atoms with Crippen LogP contribution in [0.5, 0.6) is 5.75 Å². The first-order valence-electron chi connectivity index (χ1n) is 6.34. The molecule has 2 N–H and O–H groups in total. The second-order valence-electron chi connectivity index (χ2n) is 4.16. The predicted molar refractivity (Wildman–Crippen MR) is 71.8 cm³/mol. The lowest BCUT2D eigenvalue weighted by atomic mass is 10.2. The zero-order valence-corrected chi connectivity index (χ0v) is 10.8. The van der Waals surface area contributed by atoms with Gasteiger partial charge in [0.25, 0.3) is 0 Å². The van der Waals surface area contributed by atoms with Gasteiger partial charge in [-0.25, -0.2) is 0 Å². The SMILES string of the molecule is CC(=O)Nc1ccccc1OCCCCCCO. The molecule has 0 aromatic heterocycles. The van der Waals surface area contributed by atoms with Gasteiger partial charge in [-0.05, 0) is 31.4 Å². The summed E-state index contributed by atoms with van der Waals surface area (Å²) in [7, 11) is 0. The molecular formula is C14H21NO3. The van der Waals surface area contributed by atoms with Crippen molar-refractivity contribution in [1.82, 2.24) is 0 Å². The zero-order valence-electron chi connectivity index (χ0n) is 10.8. The lowest BCUT2D eigenvalue weighted by molar-refractivity contribution is -0.114. The first-order chi connectivity index (χ1) is 8.74. The van der Waals surface area contributed by atoms with Crippen molar-refractivity contribution in [2.75, 3.05) is 18.5 Å². The Morgan fingerprint density at radius 2 is 1.94 bits per heavy atom. The van der Waals surface area contributed by atoms with Crippen LogP contribution in [0.2, 0.25) is 0 Å². The quantitative estimate of drug-likeness (QED) is 0.698. The third-order valence-electron chi connectivity index (χ3n) is 2.51. The van der Waals surface area contributed by atoms with E-state index in [2.05, 4.69) is 5.32 Å². The first kappa shape index (κ1) is 14.5. The highest BCUT2D eigenvalue weighted by atomic mass is 16.5. The van der Waals surface area contributed by atoms with Crippen molar-refractivity contribution in [3.63, 3.8) is 0 Å². The van der Waals surface area contributed by atoms with Crippen molar-refractivity contribution in [3.05, 3.63) is 24.3 Å². The van der Waals surface area contributed by atoms with Crippen molar-refractivity contribution in [2.24, 2.45) is 0 Å². The van der Waals surface area contributed by atoms with E-state index in [1.54, 1.807) is 0 Å². The Hall–Kier alpha value is -1.55. The molecule has 18 heavy (non-hydrogen) atoms. The van der Waals surface area contributed by atoms with Gasteiger partial charge in [-0.3, -0.25) is 4.79 Å². The summed E-state index contributed by atoms with van der Waals surface area (Å²) < 4.78 is 5.64. The number of benzene rings is 1. The van der Waals surface area contributed by atoms with Gasteiger partial charge in [0.1, 0.15) is 5.75 Å². The number of hydrogen-bond donors (Lipinski definition) is 2. The molecule has 1 rings (SSSR count). The van der Waals surface area contributed by atoms with Crippen LogP contribution in [-0.2, 0) is 4.79 Å². The minimum atomic E-state index is -0.103. The maximum absolute atomic E-state index is 11.0. The average molecular weight is 251 g/mol. The van der Waals surface area contributed by atoms with Gasteiger partial charge in [0.2, 0.25) is 5.91 Å². The number of hydrogen-bond acceptors (Lipinski definition) is 3. The third-order valence-corrected chi connectivity index (χ3v) is 2.51. The van der Waals surface area contributed by atoms with Crippen LogP contribution in [0, 0.1) is 0 Å². The van der Waals surface area contributed by atoms with E-state index in [1.165, 1.54) is 6.92 Å². The van der Waals surface area contributed by atoms with E-state index in [0.717, 1.165) is 25.7 Å². The van der Waals surface area contributed by atoms with E-state index in [1.807, 2.05) is 24.3 Å². The van der Waals surface area contributed by atoms with Gasteiger partial charge in [0, 0.05) is 13.5 Å². The van der Waals surface area contributed by atoms with E-state index < -0.39 is 0 Å². The van der Waals surface area contributed by atoms with Crippen LogP contribution in [0.15, 0.2) is 24.3 Å². The number of aliphatic hydroxyl groups excluding tert-OH is 1. The molecule has 0 aliphatic rings. The lowest BCUT2D eigenvalue weighted by Crippen LogP contribution is -2.08. The molecule has 0 radical (unpaired) electrons. The number of rotatable bonds is 8. The largest absolute Gasteiger partial charge is 0.491 e. The summed E-state index contributed by atoms with van der Waals surface area (Å²) in [6, 6.07) is 7.41. The van der Waals surface area contributed by atoms with Crippen molar-refractivity contribution in [3.8, 4) is 5.75 Å². The Bertz CT molecular complexity index is 366. The topological polar surface area (TPSA) is 58.6 Å². The number of amides is 1. The van der Waals surface area contributed by atoms with Crippen molar-refractivity contribution >= 4 is 11.6 Å². The molecule has 0 spiro atoms. The normalized spacial score (nSPS) is 10.1. The summed E-state index contributed by atoms with van der Waals surface area (Å²) >= 11 is 0. The second kappa shape index (κ2) is 8.53. The molecule has 0 heterocycles. The highest BCUT2D eigenvalue weighted by molar-refractivity contribution is 5.90. The highest BCUT2D eigenvalue weighted by Crippen LogP contribution is 2.23. The lowest BCUT2D eigenvalue weighted by Gasteiger charge is -2.11. The van der Waals surface area contributed by atoms with Crippen LogP contribution in [-0.4, -0.2) is 24.2 Å². The van der Waals surface area contributed by atoms with Crippen molar-refractivity contribution < 1.29 is 14.6 Å². The van der Waals surface area contributed by atoms with Gasteiger partial charge in [-0.1, -0.05) is 18.6 Å². The number of para-hydroxylation sites is 2. The highest BCUT2D eigenvalue weighted by Gasteiger charge is 2.03. The summed E-state index contributed by atoms with van der Waals surface area (Å²) in [6.07, 6.45) is 3.87. The van der Waals surface area contributed by atoms with Crippen LogP contribution in [0.3, 0.4) is 0 Å². The fraction of sp³-hybridized carbons (Fsp3) is 0.500. The molecule has 1 aromatic rings. The van der Waals surface area contributed by atoms with Crippen LogP contribution in [0.4, 0.5) is 5.69 Å². The molecule has 0 bridgehead atoms. The number of nitrogens with one attached hydrogen (secondary N) is 1. The monoisotopic (exact) mass is 251 g/mol. The maximum atomic E-state index is 11.0. The Kier molecular flexibility index (Phi) is 6.87. The fourth-order valence-electron chi connectivity index (χ4n) is 1.63. The first-order valence-corrected chi connectivity index (χ1v) is 6.34. The molecular weight excluding hydrogens is 230 g/mol. The number of carbonyl (C=O) groups excluding carboxylic acids is 1. The van der Waals surface area contributed by atoms with Crippen LogP contribution >= 0.6 is 0 Å². The molecule has 4 heteroatoms. The molecule has 100 valence electrons.